The smallest absolute Gasteiger partial charge is 0.335 e. The predicted molar refractivity (Wildman–Crippen MR) is 80.3 cm³/mol. The molecule has 2 aromatic rings. The molecule has 0 aliphatic heterocycles. The number of carboxylic acids is 1. The van der Waals surface area contributed by atoms with Gasteiger partial charge < -0.3 is 9.67 Å². The number of rotatable bonds is 6. The molecule has 4 nitrogen and oxygen atoms in total. The lowest BCUT2D eigenvalue weighted by atomic mass is 10.1. The molecule has 0 spiro atoms. The lowest BCUT2D eigenvalue weighted by Gasteiger charge is -2.17. The van der Waals surface area contributed by atoms with Crippen molar-refractivity contribution in [3.05, 3.63) is 29.6 Å². The van der Waals surface area contributed by atoms with Crippen LogP contribution in [-0.4, -0.2) is 20.6 Å². The molecule has 0 amide bonds. The number of fused-ring (bicyclic) bond motifs is 1. The average molecular weight is 274 g/mol. The fraction of sp³-hybridized carbons (Fsp3) is 0.500. The van der Waals surface area contributed by atoms with Gasteiger partial charge in [0, 0.05) is 12.5 Å². The van der Waals surface area contributed by atoms with Crippen molar-refractivity contribution in [2.75, 3.05) is 0 Å². The van der Waals surface area contributed by atoms with Crippen LogP contribution in [0.1, 0.15) is 62.3 Å². The van der Waals surface area contributed by atoms with Crippen LogP contribution < -0.4 is 0 Å². The van der Waals surface area contributed by atoms with E-state index in [1.165, 1.54) is 0 Å². The maximum Gasteiger partial charge on any atom is 0.335 e. The maximum absolute atomic E-state index is 11.2. The van der Waals surface area contributed by atoms with Gasteiger partial charge in [-0.05, 0) is 38.0 Å². The van der Waals surface area contributed by atoms with Crippen LogP contribution in [-0.2, 0) is 6.42 Å². The Morgan fingerprint density at radius 2 is 2.10 bits per heavy atom. The molecule has 1 heterocycles. The van der Waals surface area contributed by atoms with Crippen LogP contribution in [0.2, 0.25) is 0 Å². The first-order valence-corrected chi connectivity index (χ1v) is 7.32. The summed E-state index contributed by atoms with van der Waals surface area (Å²) in [7, 11) is 0. The third-order valence-corrected chi connectivity index (χ3v) is 3.63. The molecule has 1 N–H and O–H groups in total. The largest absolute Gasteiger partial charge is 0.478 e. The Kier molecular flexibility index (Phi) is 4.42. The summed E-state index contributed by atoms with van der Waals surface area (Å²) in [4.78, 5) is 15.8. The first kappa shape index (κ1) is 14.6. The fourth-order valence-corrected chi connectivity index (χ4v) is 2.71. The molecule has 0 fully saturated rings. The number of aromatic nitrogens is 2. The fourth-order valence-electron chi connectivity index (χ4n) is 2.71. The van der Waals surface area contributed by atoms with Crippen LogP contribution in [0.15, 0.2) is 18.2 Å². The summed E-state index contributed by atoms with van der Waals surface area (Å²) in [6.07, 6.45) is 4.13. The Morgan fingerprint density at radius 1 is 1.35 bits per heavy atom. The highest BCUT2D eigenvalue weighted by atomic mass is 16.4. The molecule has 1 unspecified atom stereocenters. The van der Waals surface area contributed by atoms with Gasteiger partial charge in [-0.3, -0.25) is 0 Å². The molecule has 4 heteroatoms. The Labute approximate surface area is 119 Å². The van der Waals surface area contributed by atoms with Crippen molar-refractivity contribution in [3.63, 3.8) is 0 Å². The van der Waals surface area contributed by atoms with Crippen LogP contribution in [0.4, 0.5) is 0 Å². The summed E-state index contributed by atoms with van der Waals surface area (Å²) in [6.45, 7) is 6.48. The maximum atomic E-state index is 11.2. The molecule has 0 saturated heterocycles. The van der Waals surface area contributed by atoms with Crippen LogP contribution in [0, 0.1) is 0 Å². The zero-order valence-electron chi connectivity index (χ0n) is 12.4. The lowest BCUT2D eigenvalue weighted by Crippen LogP contribution is -2.09. The van der Waals surface area contributed by atoms with Crippen molar-refractivity contribution < 1.29 is 9.90 Å². The third-order valence-electron chi connectivity index (χ3n) is 3.63. The monoisotopic (exact) mass is 274 g/mol. The van der Waals surface area contributed by atoms with Gasteiger partial charge in [0.05, 0.1) is 16.6 Å². The van der Waals surface area contributed by atoms with E-state index in [0.717, 1.165) is 42.5 Å². The second kappa shape index (κ2) is 6.07. The summed E-state index contributed by atoms with van der Waals surface area (Å²) in [5, 5.41) is 9.16. The number of nitrogens with zero attached hydrogens (tertiary/aromatic N) is 2. The van der Waals surface area contributed by atoms with Crippen molar-refractivity contribution in [2.45, 2.75) is 52.5 Å². The molecule has 1 atom stereocenters. The third kappa shape index (κ3) is 2.69. The molecule has 1 aromatic carbocycles. The minimum Gasteiger partial charge on any atom is -0.478 e. The predicted octanol–water partition coefficient (Wildman–Crippen LogP) is 4.05. The van der Waals surface area contributed by atoms with Crippen LogP contribution >= 0.6 is 0 Å². The number of aromatic carboxylic acids is 1. The van der Waals surface area contributed by atoms with Gasteiger partial charge >= 0.3 is 5.97 Å². The minimum atomic E-state index is -0.889. The second-order valence-electron chi connectivity index (χ2n) is 5.29. The quantitative estimate of drug-likeness (QED) is 0.864. The zero-order valence-corrected chi connectivity index (χ0v) is 12.4. The Hall–Kier alpha value is -1.84. The minimum absolute atomic E-state index is 0.324. The summed E-state index contributed by atoms with van der Waals surface area (Å²) < 4.78 is 2.22. The molecule has 0 aliphatic carbocycles. The summed E-state index contributed by atoms with van der Waals surface area (Å²) in [5.41, 5.74) is 2.15. The van der Waals surface area contributed by atoms with Crippen LogP contribution in [0.5, 0.6) is 0 Å². The van der Waals surface area contributed by atoms with E-state index in [1.54, 1.807) is 12.1 Å². The highest BCUT2D eigenvalue weighted by Crippen LogP contribution is 2.25. The zero-order chi connectivity index (χ0) is 14.7. The number of aryl methyl sites for hydroxylation is 1. The van der Waals surface area contributed by atoms with Gasteiger partial charge in [0.25, 0.3) is 0 Å². The van der Waals surface area contributed by atoms with Crippen molar-refractivity contribution in [3.8, 4) is 0 Å². The molecule has 108 valence electrons. The summed E-state index contributed by atoms with van der Waals surface area (Å²) in [5.74, 6) is 0.172. The number of hydrogen-bond acceptors (Lipinski definition) is 2. The van der Waals surface area contributed by atoms with E-state index < -0.39 is 5.97 Å². The Bertz CT molecular complexity index is 616. The van der Waals surface area contributed by atoms with E-state index in [0.29, 0.717) is 11.6 Å². The first-order chi connectivity index (χ1) is 9.58. The van der Waals surface area contributed by atoms with Gasteiger partial charge in [-0.15, -0.1) is 0 Å². The number of imidazole rings is 1. The number of hydrogen-bond donors (Lipinski definition) is 1. The second-order valence-corrected chi connectivity index (χ2v) is 5.29. The number of benzene rings is 1. The van der Waals surface area contributed by atoms with E-state index in [2.05, 4.69) is 30.3 Å². The Balaban J connectivity index is 2.60. The van der Waals surface area contributed by atoms with Crippen LogP contribution in [0.3, 0.4) is 0 Å². The van der Waals surface area contributed by atoms with E-state index in [4.69, 9.17) is 5.11 Å². The van der Waals surface area contributed by atoms with Crippen molar-refractivity contribution >= 4 is 17.0 Å². The average Bonchev–Trinajstić information content (AvgIpc) is 2.76. The highest BCUT2D eigenvalue weighted by Gasteiger charge is 2.16. The van der Waals surface area contributed by atoms with E-state index in [9.17, 15) is 4.79 Å². The standard InChI is InChI=1S/C16H22N2O2/c1-4-6-11(3)18-14-10-12(16(19)20)8-9-13(14)17-15(18)7-5-2/h8-11H,4-7H2,1-3H3,(H,19,20). The van der Waals surface area contributed by atoms with Gasteiger partial charge in [0.15, 0.2) is 0 Å². The molecule has 2 rings (SSSR count). The van der Waals surface area contributed by atoms with E-state index in [1.807, 2.05) is 6.07 Å². The van der Waals surface area contributed by atoms with E-state index >= 15 is 0 Å². The van der Waals surface area contributed by atoms with E-state index in [-0.39, 0.29) is 0 Å². The first-order valence-electron chi connectivity index (χ1n) is 7.32. The molecule has 0 aliphatic rings. The number of carboxylic acid groups (broad SMARTS) is 1. The normalized spacial score (nSPS) is 12.8. The van der Waals surface area contributed by atoms with Crippen LogP contribution in [0.25, 0.3) is 11.0 Å². The van der Waals surface area contributed by atoms with Gasteiger partial charge in [0.1, 0.15) is 5.82 Å². The molecule has 20 heavy (non-hydrogen) atoms. The SMILES string of the molecule is CCCc1nc2ccc(C(=O)O)cc2n1C(C)CCC. The molecule has 0 saturated carbocycles. The lowest BCUT2D eigenvalue weighted by molar-refractivity contribution is 0.0697. The molecule has 0 radical (unpaired) electrons. The topological polar surface area (TPSA) is 55.1 Å². The van der Waals surface area contributed by atoms with Crippen molar-refractivity contribution in [1.29, 1.82) is 0 Å². The molecule has 0 bridgehead atoms. The molecular formula is C16H22N2O2. The van der Waals surface area contributed by atoms with Gasteiger partial charge in [-0.25, -0.2) is 9.78 Å². The van der Waals surface area contributed by atoms with Crippen molar-refractivity contribution in [2.24, 2.45) is 0 Å². The molecular weight excluding hydrogens is 252 g/mol. The summed E-state index contributed by atoms with van der Waals surface area (Å²) in [6, 6.07) is 5.53. The Morgan fingerprint density at radius 3 is 2.70 bits per heavy atom. The summed E-state index contributed by atoms with van der Waals surface area (Å²) >= 11 is 0. The number of carbonyl (C=O) groups is 1. The van der Waals surface area contributed by atoms with Gasteiger partial charge in [-0.1, -0.05) is 20.3 Å². The molecule has 1 aromatic heterocycles. The van der Waals surface area contributed by atoms with Gasteiger partial charge in [-0.2, -0.15) is 0 Å². The highest BCUT2D eigenvalue weighted by molar-refractivity contribution is 5.92. The van der Waals surface area contributed by atoms with Crippen molar-refractivity contribution in [1.82, 2.24) is 9.55 Å². The van der Waals surface area contributed by atoms with Gasteiger partial charge in [0.2, 0.25) is 0 Å².